The molecule has 60 valence electrons. The van der Waals surface area contributed by atoms with E-state index < -0.39 is 6.10 Å². The van der Waals surface area contributed by atoms with Crippen LogP contribution in [-0.4, -0.2) is 39.4 Å². The van der Waals surface area contributed by atoms with Crippen molar-refractivity contribution in [3.8, 4) is 0 Å². The quantitative estimate of drug-likeness (QED) is 0.577. The number of hydrogen-bond donors (Lipinski definition) is 1. The largest absolute Gasteiger partial charge is 0.388 e. The highest BCUT2D eigenvalue weighted by Gasteiger charge is 2.27. The second-order valence-corrected chi connectivity index (χ2v) is 2.56. The van der Waals surface area contributed by atoms with Crippen molar-refractivity contribution in [3.63, 3.8) is 0 Å². The van der Waals surface area contributed by atoms with E-state index in [0.29, 0.717) is 13.2 Å². The van der Waals surface area contributed by atoms with Crippen molar-refractivity contribution in [2.24, 2.45) is 0 Å². The molecule has 0 bridgehead atoms. The van der Waals surface area contributed by atoms with Crippen LogP contribution in [0.4, 0.5) is 0 Å². The number of hydrogen-bond acceptors (Lipinski definition) is 4. The predicted molar refractivity (Wildman–Crippen MR) is 35.9 cm³/mol. The smallest absolute Gasteiger partial charge is 0.105 e. The van der Waals surface area contributed by atoms with Gasteiger partial charge in [0.15, 0.2) is 0 Å². The summed E-state index contributed by atoms with van der Waals surface area (Å²) in [5, 5.41) is 16.8. The summed E-state index contributed by atoms with van der Waals surface area (Å²) in [4.78, 5) is 0. The minimum atomic E-state index is -0.448. The molecular weight excluding hydrogens is 146 g/mol. The molecule has 1 fully saturated rings. The van der Waals surface area contributed by atoms with E-state index in [-0.39, 0.29) is 6.04 Å². The van der Waals surface area contributed by atoms with Crippen molar-refractivity contribution < 1.29 is 9.84 Å². The van der Waals surface area contributed by atoms with Gasteiger partial charge in [-0.2, -0.15) is 0 Å². The molecule has 0 saturated carbocycles. The van der Waals surface area contributed by atoms with Gasteiger partial charge in [-0.3, -0.25) is 0 Å². The zero-order valence-electron chi connectivity index (χ0n) is 5.92. The van der Waals surface area contributed by atoms with E-state index in [9.17, 15) is 5.11 Å². The summed E-state index contributed by atoms with van der Waals surface area (Å²) in [5.41, 5.74) is 0. The summed E-state index contributed by atoms with van der Waals surface area (Å²) in [5.74, 6) is 0. The van der Waals surface area contributed by atoms with Crippen molar-refractivity contribution in [1.82, 2.24) is 15.0 Å². The van der Waals surface area contributed by atoms with Crippen LogP contribution in [0.2, 0.25) is 0 Å². The summed E-state index contributed by atoms with van der Waals surface area (Å²) in [7, 11) is 0. The molecule has 0 unspecified atom stereocenters. The van der Waals surface area contributed by atoms with Gasteiger partial charge in [-0.25, -0.2) is 4.68 Å². The van der Waals surface area contributed by atoms with E-state index in [2.05, 4.69) is 10.3 Å². The van der Waals surface area contributed by atoms with Crippen LogP contribution >= 0.6 is 0 Å². The van der Waals surface area contributed by atoms with Crippen LogP contribution in [-0.2, 0) is 4.74 Å². The number of aliphatic hydroxyl groups is 1. The van der Waals surface area contributed by atoms with Gasteiger partial charge in [0, 0.05) is 6.20 Å². The molecule has 2 rings (SSSR count). The Balaban J connectivity index is 2.16. The average molecular weight is 155 g/mol. The highest BCUT2D eigenvalue weighted by Crippen LogP contribution is 2.17. The summed E-state index contributed by atoms with van der Waals surface area (Å²) in [6.07, 6.45) is 2.87. The van der Waals surface area contributed by atoms with Gasteiger partial charge in [-0.05, 0) is 0 Å². The first kappa shape index (κ1) is 6.75. The van der Waals surface area contributed by atoms with Gasteiger partial charge < -0.3 is 9.84 Å². The molecule has 5 heteroatoms. The number of aliphatic hydroxyl groups excluding tert-OH is 1. The summed E-state index contributed by atoms with van der Waals surface area (Å²) < 4.78 is 6.68. The first-order chi connectivity index (χ1) is 5.38. The molecule has 0 amide bonds. The fourth-order valence-electron chi connectivity index (χ4n) is 1.18. The van der Waals surface area contributed by atoms with Crippen LogP contribution in [0, 0.1) is 0 Å². The van der Waals surface area contributed by atoms with Gasteiger partial charge in [0.1, 0.15) is 12.1 Å². The van der Waals surface area contributed by atoms with Crippen LogP contribution in [0.1, 0.15) is 6.04 Å². The third-order valence-electron chi connectivity index (χ3n) is 1.80. The zero-order valence-corrected chi connectivity index (χ0v) is 5.92. The molecule has 1 aromatic rings. The summed E-state index contributed by atoms with van der Waals surface area (Å²) in [6.45, 7) is 0.912. The maximum absolute atomic E-state index is 9.35. The first-order valence-corrected chi connectivity index (χ1v) is 3.49. The second-order valence-electron chi connectivity index (χ2n) is 2.56. The molecule has 1 saturated heterocycles. The SMILES string of the molecule is O[C@@H]1COC[C@H]1n1ccnn1. The number of rotatable bonds is 1. The van der Waals surface area contributed by atoms with Crippen LogP contribution in [0.3, 0.4) is 0 Å². The standard InChI is InChI=1S/C6H9N3O2/c10-6-4-11-3-5(6)9-2-1-7-8-9/h1-2,5-6,10H,3-4H2/t5-,6-/m1/s1. The van der Waals surface area contributed by atoms with Crippen LogP contribution in [0.15, 0.2) is 12.4 Å². The molecule has 2 heterocycles. The average Bonchev–Trinajstić information content (AvgIpc) is 2.55. The molecular formula is C6H9N3O2. The lowest BCUT2D eigenvalue weighted by Crippen LogP contribution is -2.22. The molecule has 1 aromatic heterocycles. The lowest BCUT2D eigenvalue weighted by atomic mass is 10.2. The minimum Gasteiger partial charge on any atom is -0.388 e. The number of aromatic nitrogens is 3. The molecule has 1 aliphatic rings. The Hall–Kier alpha value is -0.940. The molecule has 0 aromatic carbocycles. The summed E-state index contributed by atoms with van der Waals surface area (Å²) >= 11 is 0. The Labute approximate surface area is 63.6 Å². The summed E-state index contributed by atoms with van der Waals surface area (Å²) in [6, 6.07) is -0.0579. The fraction of sp³-hybridized carbons (Fsp3) is 0.667. The Bertz CT molecular complexity index is 224. The third-order valence-corrected chi connectivity index (χ3v) is 1.80. The topological polar surface area (TPSA) is 60.2 Å². The number of nitrogens with zero attached hydrogens (tertiary/aromatic N) is 3. The molecule has 0 aliphatic carbocycles. The highest BCUT2D eigenvalue weighted by atomic mass is 16.5. The van der Waals surface area contributed by atoms with Crippen LogP contribution in [0.25, 0.3) is 0 Å². The molecule has 0 spiro atoms. The zero-order chi connectivity index (χ0) is 7.68. The molecule has 11 heavy (non-hydrogen) atoms. The van der Waals surface area contributed by atoms with Crippen LogP contribution in [0.5, 0.6) is 0 Å². The predicted octanol–water partition coefficient (Wildman–Crippen LogP) is -0.790. The van der Waals surface area contributed by atoms with Crippen molar-refractivity contribution >= 4 is 0 Å². The van der Waals surface area contributed by atoms with Gasteiger partial charge >= 0.3 is 0 Å². The molecule has 5 nitrogen and oxygen atoms in total. The Kier molecular flexibility index (Phi) is 1.59. The second kappa shape index (κ2) is 2.60. The molecule has 2 atom stereocenters. The van der Waals surface area contributed by atoms with Gasteiger partial charge in [0.05, 0.1) is 19.4 Å². The fourth-order valence-corrected chi connectivity index (χ4v) is 1.18. The normalized spacial score (nSPS) is 31.0. The Morgan fingerprint density at radius 2 is 2.45 bits per heavy atom. The van der Waals surface area contributed by atoms with Crippen molar-refractivity contribution in [2.75, 3.05) is 13.2 Å². The first-order valence-electron chi connectivity index (χ1n) is 3.49. The third kappa shape index (κ3) is 1.12. The monoisotopic (exact) mass is 155 g/mol. The van der Waals surface area contributed by atoms with Gasteiger partial charge in [-0.15, -0.1) is 5.10 Å². The van der Waals surface area contributed by atoms with E-state index in [1.54, 1.807) is 17.1 Å². The van der Waals surface area contributed by atoms with Crippen molar-refractivity contribution in [1.29, 1.82) is 0 Å². The lowest BCUT2D eigenvalue weighted by Gasteiger charge is -2.10. The minimum absolute atomic E-state index is 0.0579. The number of ether oxygens (including phenoxy) is 1. The molecule has 0 radical (unpaired) electrons. The Morgan fingerprint density at radius 1 is 1.55 bits per heavy atom. The van der Waals surface area contributed by atoms with Gasteiger partial charge in [0.2, 0.25) is 0 Å². The lowest BCUT2D eigenvalue weighted by molar-refractivity contribution is 0.117. The van der Waals surface area contributed by atoms with E-state index in [0.717, 1.165) is 0 Å². The van der Waals surface area contributed by atoms with E-state index in [1.807, 2.05) is 0 Å². The molecule has 1 N–H and O–H groups in total. The van der Waals surface area contributed by atoms with E-state index in [1.165, 1.54) is 0 Å². The van der Waals surface area contributed by atoms with E-state index >= 15 is 0 Å². The van der Waals surface area contributed by atoms with Crippen molar-refractivity contribution in [2.45, 2.75) is 12.1 Å². The van der Waals surface area contributed by atoms with E-state index in [4.69, 9.17) is 4.74 Å². The maximum atomic E-state index is 9.35. The Morgan fingerprint density at radius 3 is 3.00 bits per heavy atom. The molecule has 1 aliphatic heterocycles. The maximum Gasteiger partial charge on any atom is 0.105 e. The van der Waals surface area contributed by atoms with Crippen LogP contribution < -0.4 is 0 Å². The van der Waals surface area contributed by atoms with Gasteiger partial charge in [-0.1, -0.05) is 5.21 Å². The van der Waals surface area contributed by atoms with Crippen molar-refractivity contribution in [3.05, 3.63) is 12.4 Å². The highest BCUT2D eigenvalue weighted by molar-refractivity contribution is 4.81. The van der Waals surface area contributed by atoms with Gasteiger partial charge in [0.25, 0.3) is 0 Å².